The smallest absolute Gasteiger partial charge is 0.270 e. The summed E-state index contributed by atoms with van der Waals surface area (Å²) >= 11 is 0. The van der Waals surface area contributed by atoms with E-state index in [1.807, 2.05) is 6.92 Å². The SMILES string of the molecule is CCOc1ccc(-c2nc(NC(=O)[C@@H](C)Oc3ccc(F)cc3)no2)cc1. The van der Waals surface area contributed by atoms with Crippen molar-refractivity contribution in [1.82, 2.24) is 10.1 Å². The van der Waals surface area contributed by atoms with Gasteiger partial charge in [0, 0.05) is 5.56 Å². The van der Waals surface area contributed by atoms with Crippen LogP contribution in [0.2, 0.25) is 0 Å². The number of carbonyl (C=O) groups excluding carboxylic acids is 1. The first-order valence-corrected chi connectivity index (χ1v) is 8.35. The van der Waals surface area contributed by atoms with Gasteiger partial charge in [0.25, 0.3) is 17.7 Å². The van der Waals surface area contributed by atoms with Crippen molar-refractivity contribution in [2.45, 2.75) is 20.0 Å². The van der Waals surface area contributed by atoms with Crippen LogP contribution in [-0.2, 0) is 4.79 Å². The second kappa shape index (κ2) is 8.31. The van der Waals surface area contributed by atoms with Gasteiger partial charge in [0.1, 0.15) is 17.3 Å². The molecule has 0 saturated carbocycles. The Hall–Kier alpha value is -3.42. The van der Waals surface area contributed by atoms with Gasteiger partial charge in [0.2, 0.25) is 0 Å². The summed E-state index contributed by atoms with van der Waals surface area (Å²) in [4.78, 5) is 16.3. The molecule has 0 aliphatic heterocycles. The Kier molecular flexibility index (Phi) is 5.65. The van der Waals surface area contributed by atoms with Crippen LogP contribution in [0.15, 0.2) is 53.1 Å². The zero-order valence-electron chi connectivity index (χ0n) is 14.8. The summed E-state index contributed by atoms with van der Waals surface area (Å²) in [5.74, 6) is 0.564. The van der Waals surface area contributed by atoms with Gasteiger partial charge >= 0.3 is 0 Å². The molecule has 0 spiro atoms. The molecule has 0 unspecified atom stereocenters. The van der Waals surface area contributed by atoms with Gasteiger partial charge in [-0.15, -0.1) is 0 Å². The first-order chi connectivity index (χ1) is 13.0. The normalized spacial score (nSPS) is 11.7. The van der Waals surface area contributed by atoms with E-state index in [4.69, 9.17) is 14.0 Å². The van der Waals surface area contributed by atoms with E-state index in [1.54, 1.807) is 31.2 Å². The van der Waals surface area contributed by atoms with Crippen molar-refractivity contribution in [3.05, 3.63) is 54.3 Å². The number of carbonyl (C=O) groups is 1. The van der Waals surface area contributed by atoms with Gasteiger partial charge in [-0.3, -0.25) is 10.1 Å². The first-order valence-electron chi connectivity index (χ1n) is 8.35. The maximum absolute atomic E-state index is 12.9. The highest BCUT2D eigenvalue weighted by Gasteiger charge is 2.18. The van der Waals surface area contributed by atoms with Gasteiger partial charge in [0.15, 0.2) is 6.10 Å². The molecule has 1 aromatic heterocycles. The molecule has 7 nitrogen and oxygen atoms in total. The van der Waals surface area contributed by atoms with E-state index in [0.717, 1.165) is 5.75 Å². The van der Waals surface area contributed by atoms with Crippen molar-refractivity contribution < 1.29 is 23.2 Å². The predicted molar refractivity (Wildman–Crippen MR) is 96.0 cm³/mol. The van der Waals surface area contributed by atoms with Gasteiger partial charge in [-0.05, 0) is 67.5 Å². The van der Waals surface area contributed by atoms with Crippen LogP contribution < -0.4 is 14.8 Å². The van der Waals surface area contributed by atoms with Gasteiger partial charge in [0.05, 0.1) is 6.61 Å². The summed E-state index contributed by atoms with van der Waals surface area (Å²) < 4.78 is 28.9. The second-order valence-electron chi connectivity index (χ2n) is 5.58. The van der Waals surface area contributed by atoms with E-state index < -0.39 is 12.0 Å². The quantitative estimate of drug-likeness (QED) is 0.682. The molecular formula is C19H18FN3O4. The zero-order valence-corrected chi connectivity index (χ0v) is 14.8. The summed E-state index contributed by atoms with van der Waals surface area (Å²) in [6, 6.07) is 12.5. The monoisotopic (exact) mass is 371 g/mol. The molecule has 0 aliphatic rings. The minimum Gasteiger partial charge on any atom is -0.494 e. The van der Waals surface area contributed by atoms with E-state index >= 15 is 0 Å². The van der Waals surface area contributed by atoms with Crippen molar-refractivity contribution >= 4 is 11.9 Å². The molecule has 3 aromatic rings. The third kappa shape index (κ3) is 4.81. The number of aromatic nitrogens is 2. The van der Waals surface area contributed by atoms with Crippen LogP contribution in [0.5, 0.6) is 11.5 Å². The number of benzene rings is 2. The van der Waals surface area contributed by atoms with Gasteiger partial charge in [-0.25, -0.2) is 4.39 Å². The number of ether oxygens (including phenoxy) is 2. The lowest BCUT2D eigenvalue weighted by atomic mass is 10.2. The van der Waals surface area contributed by atoms with Crippen LogP contribution in [0.3, 0.4) is 0 Å². The maximum Gasteiger partial charge on any atom is 0.270 e. The van der Waals surface area contributed by atoms with Gasteiger partial charge in [-0.1, -0.05) is 0 Å². The fraction of sp³-hybridized carbons (Fsp3) is 0.211. The molecule has 1 atom stereocenters. The number of anilines is 1. The van der Waals surface area contributed by atoms with Crippen LogP contribution in [0.25, 0.3) is 11.5 Å². The number of nitrogens with one attached hydrogen (secondary N) is 1. The van der Waals surface area contributed by atoms with Crippen LogP contribution in [-0.4, -0.2) is 28.8 Å². The molecule has 0 saturated heterocycles. The van der Waals surface area contributed by atoms with Crippen molar-refractivity contribution in [1.29, 1.82) is 0 Å². The Balaban J connectivity index is 1.60. The van der Waals surface area contributed by atoms with Crippen LogP contribution >= 0.6 is 0 Å². The molecule has 3 rings (SSSR count). The maximum atomic E-state index is 12.9. The molecule has 0 fully saturated rings. The predicted octanol–water partition coefficient (Wildman–Crippen LogP) is 3.68. The van der Waals surface area contributed by atoms with E-state index in [-0.39, 0.29) is 17.7 Å². The number of hydrogen-bond acceptors (Lipinski definition) is 6. The van der Waals surface area contributed by atoms with Crippen molar-refractivity contribution in [3.8, 4) is 23.0 Å². The number of halogens is 1. The molecule has 0 radical (unpaired) electrons. The van der Waals surface area contributed by atoms with E-state index in [2.05, 4.69) is 15.5 Å². The third-order valence-corrected chi connectivity index (χ3v) is 3.57. The molecule has 2 aromatic carbocycles. The average molecular weight is 371 g/mol. The lowest BCUT2D eigenvalue weighted by molar-refractivity contribution is -0.122. The van der Waals surface area contributed by atoms with Crippen LogP contribution in [0.4, 0.5) is 10.3 Å². The summed E-state index contributed by atoms with van der Waals surface area (Å²) in [6.45, 7) is 4.04. The molecule has 27 heavy (non-hydrogen) atoms. The summed E-state index contributed by atoms with van der Waals surface area (Å²) in [7, 11) is 0. The second-order valence-corrected chi connectivity index (χ2v) is 5.58. The highest BCUT2D eigenvalue weighted by molar-refractivity contribution is 5.92. The van der Waals surface area contributed by atoms with Gasteiger partial charge < -0.3 is 14.0 Å². The summed E-state index contributed by atoms with van der Waals surface area (Å²) in [5.41, 5.74) is 0.696. The summed E-state index contributed by atoms with van der Waals surface area (Å²) in [6.07, 6.45) is -0.831. The van der Waals surface area contributed by atoms with Crippen LogP contribution in [0, 0.1) is 5.82 Å². The molecule has 1 heterocycles. The van der Waals surface area contributed by atoms with Crippen LogP contribution in [0.1, 0.15) is 13.8 Å². The van der Waals surface area contributed by atoms with Crippen molar-refractivity contribution in [2.24, 2.45) is 0 Å². The first kappa shape index (κ1) is 18.4. The van der Waals surface area contributed by atoms with E-state index in [0.29, 0.717) is 17.9 Å². The number of hydrogen-bond donors (Lipinski definition) is 1. The molecule has 0 bridgehead atoms. The molecule has 8 heteroatoms. The van der Waals surface area contributed by atoms with E-state index in [9.17, 15) is 9.18 Å². The minimum atomic E-state index is -0.831. The average Bonchev–Trinajstić information content (AvgIpc) is 3.13. The van der Waals surface area contributed by atoms with E-state index in [1.165, 1.54) is 24.3 Å². The lowest BCUT2D eigenvalue weighted by Gasteiger charge is -2.13. The fourth-order valence-electron chi connectivity index (χ4n) is 2.23. The Bertz CT molecular complexity index is 894. The minimum absolute atomic E-state index is 0.0263. The Morgan fingerprint density at radius 3 is 2.48 bits per heavy atom. The summed E-state index contributed by atoms with van der Waals surface area (Å²) in [5, 5.41) is 6.25. The highest BCUT2D eigenvalue weighted by Crippen LogP contribution is 2.22. The fourth-order valence-corrected chi connectivity index (χ4v) is 2.23. The lowest BCUT2D eigenvalue weighted by Crippen LogP contribution is -2.30. The molecule has 0 aliphatic carbocycles. The zero-order chi connectivity index (χ0) is 19.2. The Morgan fingerprint density at radius 1 is 1.15 bits per heavy atom. The standard InChI is InChI=1S/C19H18FN3O4/c1-3-25-15-8-4-13(5-9-15)18-22-19(23-27-18)21-17(24)12(2)26-16-10-6-14(20)7-11-16/h4-12H,3H2,1-2H3,(H,21,23,24)/t12-/m1/s1. The third-order valence-electron chi connectivity index (χ3n) is 3.57. The highest BCUT2D eigenvalue weighted by atomic mass is 19.1. The molecule has 1 amide bonds. The van der Waals surface area contributed by atoms with Crippen molar-refractivity contribution in [3.63, 3.8) is 0 Å². The Labute approximate surface area is 155 Å². The number of amides is 1. The molecule has 1 N–H and O–H groups in total. The largest absolute Gasteiger partial charge is 0.494 e. The topological polar surface area (TPSA) is 86.5 Å². The number of nitrogens with zero attached hydrogens (tertiary/aromatic N) is 2. The van der Waals surface area contributed by atoms with Gasteiger partial charge in [-0.2, -0.15) is 4.98 Å². The Morgan fingerprint density at radius 2 is 1.81 bits per heavy atom. The van der Waals surface area contributed by atoms with Crippen molar-refractivity contribution in [2.75, 3.05) is 11.9 Å². The molecule has 140 valence electrons. The number of rotatable bonds is 7. The molecular weight excluding hydrogens is 353 g/mol.